The van der Waals surface area contributed by atoms with Gasteiger partial charge in [0, 0.05) is 24.2 Å². The molecule has 0 spiro atoms. The van der Waals surface area contributed by atoms with E-state index in [1.165, 1.54) is 12.3 Å². The number of benzene rings is 1. The normalized spacial score (nSPS) is 10.7. The molecule has 0 aliphatic carbocycles. The van der Waals surface area contributed by atoms with E-state index in [1.807, 2.05) is 6.92 Å². The van der Waals surface area contributed by atoms with Crippen LogP contribution in [-0.2, 0) is 11.3 Å². The summed E-state index contributed by atoms with van der Waals surface area (Å²) in [7, 11) is 0. The summed E-state index contributed by atoms with van der Waals surface area (Å²) >= 11 is 0. The number of halogens is 1. The van der Waals surface area contributed by atoms with Crippen molar-refractivity contribution in [2.45, 2.75) is 27.3 Å². The molecule has 118 valence electrons. The van der Waals surface area contributed by atoms with Gasteiger partial charge in [0.1, 0.15) is 5.56 Å². The van der Waals surface area contributed by atoms with E-state index in [1.54, 1.807) is 18.4 Å². The molecule has 1 aromatic heterocycles. The van der Waals surface area contributed by atoms with Crippen molar-refractivity contribution >= 4 is 16.9 Å². The van der Waals surface area contributed by atoms with Crippen molar-refractivity contribution < 1.29 is 18.7 Å². The third-order valence-electron chi connectivity index (χ3n) is 3.27. The Hall–Kier alpha value is -2.37. The van der Waals surface area contributed by atoms with Crippen LogP contribution in [0.3, 0.4) is 0 Å². The number of hydrogen-bond donors (Lipinski definition) is 0. The lowest BCUT2D eigenvalue weighted by Crippen LogP contribution is -2.21. The number of pyridine rings is 1. The average Bonchev–Trinajstić information content (AvgIpc) is 2.50. The number of rotatable bonds is 5. The van der Waals surface area contributed by atoms with Gasteiger partial charge in [-0.05, 0) is 26.8 Å². The fraction of sp³-hybridized carbons (Fsp3) is 0.375. The predicted octanol–water partition coefficient (Wildman–Crippen LogP) is 2.74. The topological polar surface area (TPSA) is 57.5 Å². The lowest BCUT2D eigenvalue weighted by Gasteiger charge is -2.13. The van der Waals surface area contributed by atoms with Crippen LogP contribution in [0.4, 0.5) is 4.39 Å². The highest BCUT2D eigenvalue weighted by Gasteiger charge is 2.18. The van der Waals surface area contributed by atoms with Crippen LogP contribution in [0.15, 0.2) is 23.1 Å². The Bertz CT molecular complexity index is 767. The lowest BCUT2D eigenvalue weighted by atomic mass is 10.1. The summed E-state index contributed by atoms with van der Waals surface area (Å²) in [6.07, 6.45) is 1.44. The van der Waals surface area contributed by atoms with Crippen LogP contribution < -0.4 is 10.2 Å². The minimum atomic E-state index is -0.703. The largest absolute Gasteiger partial charge is 0.491 e. The van der Waals surface area contributed by atoms with Crippen LogP contribution in [0.5, 0.6) is 5.75 Å². The molecular weight excluding hydrogens is 289 g/mol. The van der Waals surface area contributed by atoms with Crippen LogP contribution in [0.1, 0.15) is 31.1 Å². The maximum absolute atomic E-state index is 14.0. The van der Waals surface area contributed by atoms with Crippen molar-refractivity contribution in [3.8, 4) is 5.75 Å². The Morgan fingerprint density at radius 1 is 1.23 bits per heavy atom. The number of carbonyl (C=O) groups excluding carboxylic acids is 1. The molecule has 0 aliphatic heterocycles. The summed E-state index contributed by atoms with van der Waals surface area (Å²) < 4.78 is 25.8. The van der Waals surface area contributed by atoms with Crippen molar-refractivity contribution in [3.05, 3.63) is 39.9 Å². The van der Waals surface area contributed by atoms with Gasteiger partial charge in [-0.15, -0.1) is 0 Å². The van der Waals surface area contributed by atoms with Crippen molar-refractivity contribution in [2.75, 3.05) is 13.2 Å². The zero-order valence-electron chi connectivity index (χ0n) is 12.8. The number of fused-ring (bicyclic) bond motifs is 1. The molecule has 0 bridgehead atoms. The predicted molar refractivity (Wildman–Crippen MR) is 81.0 cm³/mol. The van der Waals surface area contributed by atoms with Gasteiger partial charge in [0.15, 0.2) is 11.6 Å². The molecule has 0 radical (unpaired) electrons. The summed E-state index contributed by atoms with van der Waals surface area (Å²) in [5, 5.41) is 0.133. The third-order valence-corrected chi connectivity index (χ3v) is 3.27. The second-order valence-corrected chi connectivity index (χ2v) is 4.61. The van der Waals surface area contributed by atoms with Gasteiger partial charge >= 0.3 is 5.97 Å². The average molecular weight is 307 g/mol. The molecule has 6 heteroatoms. The zero-order valence-corrected chi connectivity index (χ0v) is 12.8. The smallest absolute Gasteiger partial charge is 0.343 e. The lowest BCUT2D eigenvalue weighted by molar-refractivity contribution is 0.0524. The summed E-state index contributed by atoms with van der Waals surface area (Å²) in [5.41, 5.74) is -0.120. The van der Waals surface area contributed by atoms with Crippen LogP contribution >= 0.6 is 0 Å². The van der Waals surface area contributed by atoms with E-state index in [4.69, 9.17) is 9.47 Å². The van der Waals surface area contributed by atoms with E-state index in [0.29, 0.717) is 18.7 Å². The van der Waals surface area contributed by atoms with Crippen molar-refractivity contribution in [2.24, 2.45) is 0 Å². The number of ether oxygens (including phenoxy) is 2. The van der Waals surface area contributed by atoms with Gasteiger partial charge in [-0.25, -0.2) is 9.18 Å². The molecule has 22 heavy (non-hydrogen) atoms. The standard InChI is InChI=1S/C16H18FNO4/c1-4-18-9-11(16(20)22-6-3)15(19)10-7-12(17)14(21-5-2)8-13(10)18/h7-9H,4-6H2,1-3H3. The van der Waals surface area contributed by atoms with E-state index < -0.39 is 17.2 Å². The fourth-order valence-electron chi connectivity index (χ4n) is 2.27. The summed E-state index contributed by atoms with van der Waals surface area (Å²) in [5.74, 6) is -1.25. The monoisotopic (exact) mass is 307 g/mol. The first kappa shape index (κ1) is 16.0. The third kappa shape index (κ3) is 2.81. The Morgan fingerprint density at radius 3 is 2.55 bits per heavy atom. The Balaban J connectivity index is 2.75. The maximum Gasteiger partial charge on any atom is 0.343 e. The summed E-state index contributed by atoms with van der Waals surface area (Å²) in [6.45, 7) is 6.27. The van der Waals surface area contributed by atoms with Gasteiger partial charge in [0.05, 0.1) is 18.7 Å². The molecule has 5 nitrogen and oxygen atoms in total. The molecule has 0 fully saturated rings. The quantitative estimate of drug-likeness (QED) is 0.797. The number of hydrogen-bond acceptors (Lipinski definition) is 4. The minimum absolute atomic E-state index is 0.0838. The van der Waals surface area contributed by atoms with Gasteiger partial charge in [-0.1, -0.05) is 0 Å². The SMILES string of the molecule is CCOC(=O)c1cn(CC)c2cc(OCC)c(F)cc2c1=O. The fourth-order valence-corrected chi connectivity index (χ4v) is 2.27. The first-order valence-corrected chi connectivity index (χ1v) is 7.20. The van der Waals surface area contributed by atoms with E-state index in [-0.39, 0.29) is 23.3 Å². The number of carbonyl (C=O) groups is 1. The number of esters is 1. The summed E-state index contributed by atoms with van der Waals surface area (Å²) in [4.78, 5) is 24.3. The van der Waals surface area contributed by atoms with Crippen LogP contribution in [0, 0.1) is 5.82 Å². The number of nitrogens with zero attached hydrogens (tertiary/aromatic N) is 1. The second kappa shape index (κ2) is 6.60. The highest BCUT2D eigenvalue weighted by molar-refractivity contribution is 5.94. The second-order valence-electron chi connectivity index (χ2n) is 4.61. The molecule has 0 saturated carbocycles. The molecule has 0 unspecified atom stereocenters. The van der Waals surface area contributed by atoms with E-state index in [0.717, 1.165) is 6.07 Å². The van der Waals surface area contributed by atoms with Crippen LogP contribution in [0.25, 0.3) is 10.9 Å². The van der Waals surface area contributed by atoms with E-state index in [9.17, 15) is 14.0 Å². The molecule has 1 heterocycles. The first-order valence-electron chi connectivity index (χ1n) is 7.20. The van der Waals surface area contributed by atoms with Crippen molar-refractivity contribution in [1.29, 1.82) is 0 Å². The van der Waals surface area contributed by atoms with Gasteiger partial charge in [-0.2, -0.15) is 0 Å². The molecule has 0 N–H and O–H groups in total. The molecular formula is C16H18FNO4. The van der Waals surface area contributed by atoms with E-state index >= 15 is 0 Å². The molecule has 0 atom stereocenters. The molecule has 0 saturated heterocycles. The Labute approximate surface area is 127 Å². The Morgan fingerprint density at radius 2 is 1.95 bits per heavy atom. The highest BCUT2D eigenvalue weighted by Crippen LogP contribution is 2.24. The maximum atomic E-state index is 14.0. The van der Waals surface area contributed by atoms with E-state index in [2.05, 4.69) is 0 Å². The van der Waals surface area contributed by atoms with Crippen LogP contribution in [0.2, 0.25) is 0 Å². The van der Waals surface area contributed by atoms with Gasteiger partial charge in [-0.3, -0.25) is 4.79 Å². The number of aromatic nitrogens is 1. The molecule has 1 aromatic carbocycles. The van der Waals surface area contributed by atoms with Gasteiger partial charge < -0.3 is 14.0 Å². The molecule has 0 amide bonds. The first-order chi connectivity index (χ1) is 10.5. The molecule has 0 aliphatic rings. The molecule has 2 rings (SSSR count). The van der Waals surface area contributed by atoms with Gasteiger partial charge in [0.25, 0.3) is 0 Å². The van der Waals surface area contributed by atoms with Crippen molar-refractivity contribution in [1.82, 2.24) is 4.57 Å². The van der Waals surface area contributed by atoms with Crippen LogP contribution in [-0.4, -0.2) is 23.8 Å². The molecule has 2 aromatic rings. The minimum Gasteiger partial charge on any atom is -0.491 e. The van der Waals surface area contributed by atoms with Crippen molar-refractivity contribution in [3.63, 3.8) is 0 Å². The highest BCUT2D eigenvalue weighted by atomic mass is 19.1. The Kier molecular flexibility index (Phi) is 4.80. The summed E-state index contributed by atoms with van der Waals surface area (Å²) in [6, 6.07) is 2.59. The zero-order chi connectivity index (χ0) is 16.3. The number of aryl methyl sites for hydroxylation is 1. The van der Waals surface area contributed by atoms with Gasteiger partial charge in [0.2, 0.25) is 5.43 Å².